The first kappa shape index (κ1) is 19.8. The molecule has 0 saturated carbocycles. The van der Waals surface area contributed by atoms with Gasteiger partial charge in [-0.25, -0.2) is 4.98 Å². The molecule has 0 aliphatic carbocycles. The fourth-order valence-electron chi connectivity index (χ4n) is 3.11. The van der Waals surface area contributed by atoms with E-state index in [2.05, 4.69) is 17.9 Å². The number of ether oxygens (including phenoxy) is 1. The molecule has 0 fully saturated rings. The van der Waals surface area contributed by atoms with E-state index in [0.29, 0.717) is 12.1 Å². The van der Waals surface area contributed by atoms with Crippen molar-refractivity contribution >= 4 is 16.8 Å². The number of amides is 1. The predicted molar refractivity (Wildman–Crippen MR) is 114 cm³/mol. The number of pyridine rings is 1. The molecule has 1 amide bonds. The fraction of sp³-hybridized carbons (Fsp3) is 0.304. The van der Waals surface area contributed by atoms with Gasteiger partial charge in [0.05, 0.1) is 18.3 Å². The summed E-state index contributed by atoms with van der Waals surface area (Å²) in [4.78, 5) is 21.2. The van der Waals surface area contributed by atoms with E-state index in [-0.39, 0.29) is 5.91 Å². The Balaban J connectivity index is 1.86. The molecule has 1 heterocycles. The van der Waals surface area contributed by atoms with Crippen LogP contribution in [0.15, 0.2) is 48.5 Å². The number of methoxy groups -OCH3 is 1. The van der Waals surface area contributed by atoms with Gasteiger partial charge >= 0.3 is 0 Å². The highest BCUT2D eigenvalue weighted by atomic mass is 16.5. The maximum absolute atomic E-state index is 12.6. The molecule has 0 saturated heterocycles. The average Bonchev–Trinajstić information content (AvgIpc) is 2.71. The zero-order valence-electron chi connectivity index (χ0n) is 17.2. The van der Waals surface area contributed by atoms with Crippen molar-refractivity contribution in [1.29, 1.82) is 0 Å². The molecule has 0 N–H and O–H groups in total. The molecule has 0 unspecified atom stereocenters. The van der Waals surface area contributed by atoms with E-state index >= 15 is 0 Å². The topological polar surface area (TPSA) is 45.7 Å². The maximum atomic E-state index is 12.6. The molecule has 0 radical (unpaired) electrons. The molecule has 28 heavy (non-hydrogen) atoms. The number of fused-ring (bicyclic) bond motifs is 1. The Morgan fingerprint density at radius 1 is 1.00 bits per heavy atom. The number of aromatic nitrogens is 1. The van der Waals surface area contributed by atoms with E-state index in [1.54, 1.807) is 12.0 Å². The Bertz CT molecular complexity index is 981. The lowest BCUT2D eigenvalue weighted by Crippen LogP contribution is -2.33. The first-order chi connectivity index (χ1) is 13.4. The van der Waals surface area contributed by atoms with E-state index < -0.39 is 0 Å². The lowest BCUT2D eigenvalue weighted by molar-refractivity contribution is 0.0786. The van der Waals surface area contributed by atoms with Gasteiger partial charge in [-0.3, -0.25) is 4.79 Å². The van der Waals surface area contributed by atoms with E-state index in [9.17, 15) is 4.79 Å². The zero-order valence-corrected chi connectivity index (χ0v) is 17.2. The van der Waals surface area contributed by atoms with Crippen LogP contribution in [0.3, 0.4) is 0 Å². The third-order valence-electron chi connectivity index (χ3n) is 4.88. The number of carbonyl (C=O) groups is 1. The first-order valence-electron chi connectivity index (χ1n) is 9.35. The molecule has 2 aromatic carbocycles. The lowest BCUT2D eigenvalue weighted by atomic mass is 10.0. The van der Waals surface area contributed by atoms with Crippen LogP contribution in [0.5, 0.6) is 5.75 Å². The molecule has 0 atom stereocenters. The Labute approximate surface area is 166 Å². The van der Waals surface area contributed by atoms with Crippen LogP contribution in [0.2, 0.25) is 0 Å². The summed E-state index contributed by atoms with van der Waals surface area (Å²) in [5.74, 6) is 0.819. The fourth-order valence-corrected chi connectivity index (χ4v) is 3.11. The van der Waals surface area contributed by atoms with E-state index in [4.69, 9.17) is 9.72 Å². The third-order valence-corrected chi connectivity index (χ3v) is 4.88. The number of rotatable bonds is 6. The zero-order chi connectivity index (χ0) is 20.3. The second kappa shape index (κ2) is 8.40. The summed E-state index contributed by atoms with van der Waals surface area (Å²) < 4.78 is 5.32. The largest absolute Gasteiger partial charge is 0.497 e. The minimum atomic E-state index is 0.0285. The molecule has 1 aromatic heterocycles. The number of likely N-dealkylation sites (N-methyl/N-ethyl adjacent to an activating group) is 2. The van der Waals surface area contributed by atoms with Gasteiger partial charge in [0, 0.05) is 42.7 Å². The maximum Gasteiger partial charge on any atom is 0.253 e. The van der Waals surface area contributed by atoms with E-state index in [1.165, 1.54) is 0 Å². The molecule has 0 aliphatic rings. The Morgan fingerprint density at radius 3 is 2.36 bits per heavy atom. The Hall–Kier alpha value is -2.92. The van der Waals surface area contributed by atoms with E-state index in [0.717, 1.165) is 40.0 Å². The normalized spacial score (nSPS) is 11.1. The summed E-state index contributed by atoms with van der Waals surface area (Å²) in [6, 6.07) is 15.7. The van der Waals surface area contributed by atoms with Crippen LogP contribution in [0.25, 0.3) is 22.2 Å². The molecular formula is C23H27N3O2. The van der Waals surface area contributed by atoms with Crippen LogP contribution in [-0.4, -0.2) is 62.0 Å². The summed E-state index contributed by atoms with van der Waals surface area (Å²) in [5.41, 5.74) is 4.62. The van der Waals surface area contributed by atoms with Crippen LogP contribution < -0.4 is 4.74 Å². The second-order valence-electron chi connectivity index (χ2n) is 7.31. The molecule has 0 spiro atoms. The highest BCUT2D eigenvalue weighted by Crippen LogP contribution is 2.27. The lowest BCUT2D eigenvalue weighted by Gasteiger charge is -2.19. The second-order valence-corrected chi connectivity index (χ2v) is 7.31. The van der Waals surface area contributed by atoms with Crippen molar-refractivity contribution in [3.05, 3.63) is 59.7 Å². The SMILES string of the molecule is COc1ccc2c(C)cc(-c3ccc(C(=O)N(C)CCN(C)C)cc3)nc2c1. The van der Waals surface area contributed by atoms with Gasteiger partial charge in [-0.2, -0.15) is 0 Å². The quantitative estimate of drug-likeness (QED) is 0.655. The van der Waals surface area contributed by atoms with Crippen molar-refractivity contribution in [3.63, 3.8) is 0 Å². The van der Waals surface area contributed by atoms with Gasteiger partial charge in [-0.1, -0.05) is 12.1 Å². The average molecular weight is 377 g/mol. The Morgan fingerprint density at radius 2 is 1.71 bits per heavy atom. The first-order valence-corrected chi connectivity index (χ1v) is 9.35. The molecule has 3 aromatic rings. The highest BCUT2D eigenvalue weighted by molar-refractivity contribution is 5.94. The van der Waals surface area contributed by atoms with Crippen LogP contribution in [0, 0.1) is 6.92 Å². The van der Waals surface area contributed by atoms with Gasteiger partial charge in [0.2, 0.25) is 0 Å². The van der Waals surface area contributed by atoms with Crippen LogP contribution in [-0.2, 0) is 0 Å². The van der Waals surface area contributed by atoms with Gasteiger partial charge in [-0.15, -0.1) is 0 Å². The summed E-state index contributed by atoms with van der Waals surface area (Å²) >= 11 is 0. The number of hydrogen-bond acceptors (Lipinski definition) is 4. The standard InChI is InChI=1S/C23H27N3O2/c1-16-14-21(24-22-15-19(28-5)10-11-20(16)22)17-6-8-18(9-7-17)23(27)26(4)13-12-25(2)3/h6-11,14-15H,12-13H2,1-5H3. The molecule has 146 valence electrons. The van der Waals surface area contributed by atoms with Crippen LogP contribution >= 0.6 is 0 Å². The van der Waals surface area contributed by atoms with Gasteiger partial charge in [0.1, 0.15) is 5.75 Å². The van der Waals surface area contributed by atoms with Crippen molar-refractivity contribution < 1.29 is 9.53 Å². The van der Waals surface area contributed by atoms with Crippen molar-refractivity contribution in [2.75, 3.05) is 41.3 Å². The number of hydrogen-bond donors (Lipinski definition) is 0. The van der Waals surface area contributed by atoms with Gasteiger partial charge in [0.15, 0.2) is 0 Å². The van der Waals surface area contributed by atoms with Crippen LogP contribution in [0.1, 0.15) is 15.9 Å². The number of benzene rings is 2. The smallest absolute Gasteiger partial charge is 0.253 e. The summed E-state index contributed by atoms with van der Waals surface area (Å²) in [5, 5.41) is 1.11. The Kier molecular flexibility index (Phi) is 5.95. The molecule has 0 aliphatic heterocycles. The minimum absolute atomic E-state index is 0.0285. The number of aryl methyl sites for hydroxylation is 1. The molecular weight excluding hydrogens is 350 g/mol. The summed E-state index contributed by atoms with van der Waals surface area (Å²) in [6.45, 7) is 3.61. The summed E-state index contributed by atoms with van der Waals surface area (Å²) in [6.07, 6.45) is 0. The van der Waals surface area contributed by atoms with Crippen molar-refractivity contribution in [2.24, 2.45) is 0 Å². The third kappa shape index (κ3) is 4.31. The van der Waals surface area contributed by atoms with Crippen molar-refractivity contribution in [3.8, 4) is 17.0 Å². The van der Waals surface area contributed by atoms with Crippen molar-refractivity contribution in [1.82, 2.24) is 14.8 Å². The molecule has 5 heteroatoms. The molecule has 0 bridgehead atoms. The van der Waals surface area contributed by atoms with Gasteiger partial charge in [-0.05, 0) is 56.9 Å². The number of carbonyl (C=O) groups excluding carboxylic acids is 1. The summed E-state index contributed by atoms with van der Waals surface area (Å²) in [7, 11) is 7.49. The van der Waals surface area contributed by atoms with Crippen LogP contribution in [0.4, 0.5) is 0 Å². The molecule has 3 rings (SSSR count). The predicted octanol–water partition coefficient (Wildman–Crippen LogP) is 3.85. The highest BCUT2D eigenvalue weighted by Gasteiger charge is 2.12. The van der Waals surface area contributed by atoms with E-state index in [1.807, 2.05) is 63.6 Å². The number of nitrogens with zero attached hydrogens (tertiary/aromatic N) is 3. The minimum Gasteiger partial charge on any atom is -0.497 e. The van der Waals surface area contributed by atoms with Gasteiger partial charge < -0.3 is 14.5 Å². The monoisotopic (exact) mass is 377 g/mol. The van der Waals surface area contributed by atoms with Crippen molar-refractivity contribution in [2.45, 2.75) is 6.92 Å². The van der Waals surface area contributed by atoms with Gasteiger partial charge in [0.25, 0.3) is 5.91 Å². The molecule has 5 nitrogen and oxygen atoms in total.